The molecule has 0 aliphatic rings. The minimum absolute atomic E-state index is 0.0148. The standard InChI is InChI=1S/C12H13NO5/c1-3-6-18-11-5-4-9(8-12(14)17-2)7-10(11)13(15)16/h3-5,7H,1,6,8H2,2H3. The van der Waals surface area contributed by atoms with Gasteiger partial charge in [-0.2, -0.15) is 0 Å². The van der Waals surface area contributed by atoms with E-state index in [-0.39, 0.29) is 24.5 Å². The molecule has 0 aliphatic carbocycles. The maximum atomic E-state index is 11.1. The number of carbonyl (C=O) groups is 1. The van der Waals surface area contributed by atoms with Gasteiger partial charge in [0.2, 0.25) is 0 Å². The molecule has 0 aliphatic heterocycles. The van der Waals surface area contributed by atoms with Gasteiger partial charge in [-0.1, -0.05) is 18.7 Å². The molecule has 0 spiro atoms. The fourth-order valence-corrected chi connectivity index (χ4v) is 1.33. The van der Waals surface area contributed by atoms with Crippen LogP contribution in [0.2, 0.25) is 0 Å². The van der Waals surface area contributed by atoms with E-state index in [0.717, 1.165) is 0 Å². The number of hydrogen-bond donors (Lipinski definition) is 0. The monoisotopic (exact) mass is 251 g/mol. The highest BCUT2D eigenvalue weighted by atomic mass is 16.6. The highest BCUT2D eigenvalue weighted by Crippen LogP contribution is 2.28. The molecule has 0 amide bonds. The Kier molecular flexibility index (Phi) is 4.86. The quantitative estimate of drug-likeness (QED) is 0.334. The van der Waals surface area contributed by atoms with Crippen LogP contribution in [0.4, 0.5) is 5.69 Å². The Hall–Kier alpha value is -2.37. The summed E-state index contributed by atoms with van der Waals surface area (Å²) in [7, 11) is 1.26. The van der Waals surface area contributed by atoms with E-state index in [1.165, 1.54) is 25.3 Å². The molecule has 0 N–H and O–H groups in total. The van der Waals surface area contributed by atoms with Crippen LogP contribution in [0.1, 0.15) is 5.56 Å². The van der Waals surface area contributed by atoms with Crippen molar-refractivity contribution in [1.29, 1.82) is 0 Å². The number of nitrogens with zero attached hydrogens (tertiary/aromatic N) is 1. The van der Waals surface area contributed by atoms with Crippen molar-refractivity contribution >= 4 is 11.7 Å². The molecule has 0 radical (unpaired) electrons. The van der Waals surface area contributed by atoms with Gasteiger partial charge < -0.3 is 9.47 Å². The van der Waals surface area contributed by atoms with Crippen LogP contribution in [0.15, 0.2) is 30.9 Å². The fraction of sp³-hybridized carbons (Fsp3) is 0.250. The van der Waals surface area contributed by atoms with Crippen LogP contribution in [0.3, 0.4) is 0 Å². The van der Waals surface area contributed by atoms with E-state index in [4.69, 9.17) is 4.74 Å². The van der Waals surface area contributed by atoms with Gasteiger partial charge in [-0.25, -0.2) is 0 Å². The number of nitro groups is 1. The zero-order valence-corrected chi connectivity index (χ0v) is 9.92. The molecule has 0 saturated heterocycles. The van der Waals surface area contributed by atoms with Gasteiger partial charge in [0, 0.05) is 6.07 Å². The molecule has 0 heterocycles. The summed E-state index contributed by atoms with van der Waals surface area (Å²) >= 11 is 0. The first-order chi connectivity index (χ1) is 8.58. The van der Waals surface area contributed by atoms with Gasteiger partial charge in [0.25, 0.3) is 0 Å². The van der Waals surface area contributed by atoms with Gasteiger partial charge in [0.05, 0.1) is 18.5 Å². The second-order valence-corrected chi connectivity index (χ2v) is 3.41. The van der Waals surface area contributed by atoms with Gasteiger partial charge in [-0.15, -0.1) is 0 Å². The SMILES string of the molecule is C=CCOc1ccc(CC(=O)OC)cc1[N+](=O)[O-]. The van der Waals surface area contributed by atoms with E-state index in [1.54, 1.807) is 6.07 Å². The third-order valence-electron chi connectivity index (χ3n) is 2.15. The lowest BCUT2D eigenvalue weighted by molar-refractivity contribution is -0.385. The lowest BCUT2D eigenvalue weighted by Crippen LogP contribution is -2.05. The Morgan fingerprint density at radius 1 is 1.56 bits per heavy atom. The van der Waals surface area contributed by atoms with E-state index >= 15 is 0 Å². The van der Waals surface area contributed by atoms with Crippen LogP contribution in [-0.2, 0) is 16.0 Å². The average molecular weight is 251 g/mol. The van der Waals surface area contributed by atoms with E-state index < -0.39 is 10.9 Å². The van der Waals surface area contributed by atoms with Crippen molar-refractivity contribution in [1.82, 2.24) is 0 Å². The smallest absolute Gasteiger partial charge is 0.311 e. The number of carbonyl (C=O) groups excluding carboxylic acids is 1. The second-order valence-electron chi connectivity index (χ2n) is 3.41. The maximum absolute atomic E-state index is 11.1. The highest BCUT2D eigenvalue weighted by molar-refractivity contribution is 5.73. The molecule has 6 nitrogen and oxygen atoms in total. The molecule has 1 rings (SSSR count). The second kappa shape index (κ2) is 6.39. The molecule has 0 aromatic heterocycles. The van der Waals surface area contributed by atoms with Crippen molar-refractivity contribution in [2.75, 3.05) is 13.7 Å². The highest BCUT2D eigenvalue weighted by Gasteiger charge is 2.16. The van der Waals surface area contributed by atoms with Gasteiger partial charge in [-0.05, 0) is 11.6 Å². The molecule has 0 saturated carbocycles. The number of benzene rings is 1. The molecule has 96 valence electrons. The Morgan fingerprint density at radius 2 is 2.28 bits per heavy atom. The third kappa shape index (κ3) is 3.58. The summed E-state index contributed by atoms with van der Waals surface area (Å²) in [6.07, 6.45) is 1.48. The summed E-state index contributed by atoms with van der Waals surface area (Å²) in [6.45, 7) is 3.64. The first-order valence-electron chi connectivity index (χ1n) is 5.16. The summed E-state index contributed by atoms with van der Waals surface area (Å²) in [4.78, 5) is 21.4. The maximum Gasteiger partial charge on any atom is 0.311 e. The number of methoxy groups -OCH3 is 1. The van der Waals surface area contributed by atoms with E-state index in [1.807, 2.05) is 0 Å². The number of hydrogen-bond acceptors (Lipinski definition) is 5. The molecular formula is C12H13NO5. The van der Waals surface area contributed by atoms with Crippen LogP contribution in [0.5, 0.6) is 5.75 Å². The number of ether oxygens (including phenoxy) is 2. The van der Waals surface area contributed by atoms with Crippen LogP contribution in [-0.4, -0.2) is 24.6 Å². The lowest BCUT2D eigenvalue weighted by atomic mass is 10.1. The zero-order chi connectivity index (χ0) is 13.5. The Balaban J connectivity index is 2.99. The third-order valence-corrected chi connectivity index (χ3v) is 2.15. The first-order valence-corrected chi connectivity index (χ1v) is 5.16. The summed E-state index contributed by atoms with van der Waals surface area (Å²) in [5, 5.41) is 10.9. The summed E-state index contributed by atoms with van der Waals surface area (Å²) < 4.78 is 9.65. The Labute approximate surface area is 104 Å². The van der Waals surface area contributed by atoms with Crippen LogP contribution in [0.25, 0.3) is 0 Å². The summed E-state index contributed by atoms with van der Waals surface area (Å²) in [5.74, 6) is -0.308. The minimum atomic E-state index is -0.556. The van der Waals surface area contributed by atoms with Crippen molar-refractivity contribution in [2.45, 2.75) is 6.42 Å². The van der Waals surface area contributed by atoms with Crippen LogP contribution < -0.4 is 4.74 Å². The molecule has 0 bridgehead atoms. The van der Waals surface area contributed by atoms with E-state index in [0.29, 0.717) is 5.56 Å². The predicted octanol–water partition coefficient (Wildman–Crippen LogP) is 1.88. The molecule has 1 aromatic rings. The molecule has 0 unspecified atom stereocenters. The van der Waals surface area contributed by atoms with Crippen LogP contribution >= 0.6 is 0 Å². The minimum Gasteiger partial charge on any atom is -0.483 e. The van der Waals surface area contributed by atoms with Crippen molar-refractivity contribution in [3.63, 3.8) is 0 Å². The fourth-order valence-electron chi connectivity index (χ4n) is 1.33. The van der Waals surface area contributed by atoms with Gasteiger partial charge in [0.15, 0.2) is 5.75 Å². The Bertz CT molecular complexity index is 470. The predicted molar refractivity (Wildman–Crippen MR) is 64.5 cm³/mol. The van der Waals surface area contributed by atoms with Gasteiger partial charge in [-0.3, -0.25) is 14.9 Å². The normalized spacial score (nSPS) is 9.61. The molecule has 1 aromatic carbocycles. The van der Waals surface area contributed by atoms with Crippen LogP contribution in [0, 0.1) is 10.1 Å². The molecular weight excluding hydrogens is 238 g/mol. The summed E-state index contributed by atoms with van der Waals surface area (Å²) in [6, 6.07) is 4.34. The van der Waals surface area contributed by atoms with Crippen molar-refractivity contribution < 1.29 is 19.2 Å². The Morgan fingerprint density at radius 3 is 2.83 bits per heavy atom. The summed E-state index contributed by atoms with van der Waals surface area (Å²) in [5.41, 5.74) is 0.317. The average Bonchev–Trinajstić information content (AvgIpc) is 2.36. The molecule has 18 heavy (non-hydrogen) atoms. The van der Waals surface area contributed by atoms with E-state index in [2.05, 4.69) is 11.3 Å². The lowest BCUT2D eigenvalue weighted by Gasteiger charge is -2.06. The topological polar surface area (TPSA) is 78.7 Å². The molecule has 0 fully saturated rings. The number of nitro benzene ring substituents is 1. The van der Waals surface area contributed by atoms with Crippen molar-refractivity contribution in [3.8, 4) is 5.75 Å². The van der Waals surface area contributed by atoms with Gasteiger partial charge >= 0.3 is 11.7 Å². The molecule has 0 atom stereocenters. The van der Waals surface area contributed by atoms with Crippen molar-refractivity contribution in [3.05, 3.63) is 46.5 Å². The van der Waals surface area contributed by atoms with E-state index in [9.17, 15) is 14.9 Å². The number of esters is 1. The largest absolute Gasteiger partial charge is 0.483 e. The van der Waals surface area contributed by atoms with Crippen molar-refractivity contribution in [2.24, 2.45) is 0 Å². The van der Waals surface area contributed by atoms with Gasteiger partial charge in [0.1, 0.15) is 6.61 Å². The molecule has 6 heteroatoms. The first kappa shape index (κ1) is 13.7. The number of rotatable bonds is 6. The zero-order valence-electron chi connectivity index (χ0n) is 9.92.